The third-order valence-corrected chi connectivity index (χ3v) is 2.17. The SMILES string of the molecule is O=C(CC(=O)c1ccc(Cl)cc1)NCCO. The van der Waals surface area contributed by atoms with E-state index >= 15 is 0 Å². The van der Waals surface area contributed by atoms with Crippen LogP contribution in [-0.2, 0) is 4.79 Å². The van der Waals surface area contributed by atoms with Crippen LogP contribution in [0.3, 0.4) is 0 Å². The molecule has 16 heavy (non-hydrogen) atoms. The van der Waals surface area contributed by atoms with Crippen LogP contribution in [0.4, 0.5) is 0 Å². The van der Waals surface area contributed by atoms with Crippen LogP contribution in [0.5, 0.6) is 0 Å². The van der Waals surface area contributed by atoms with Crippen molar-refractivity contribution in [1.29, 1.82) is 0 Å². The lowest BCUT2D eigenvalue weighted by Gasteiger charge is -2.02. The van der Waals surface area contributed by atoms with Crippen LogP contribution in [0.25, 0.3) is 0 Å². The number of Topliss-reactive ketones (excluding diaryl/α,β-unsaturated/α-hetero) is 1. The minimum absolute atomic E-state index is 0.138. The summed E-state index contributed by atoms with van der Waals surface area (Å²) in [5.41, 5.74) is 0.448. The first-order chi connectivity index (χ1) is 7.63. The molecule has 0 aromatic heterocycles. The Kier molecular flexibility index (Phi) is 4.95. The second kappa shape index (κ2) is 6.25. The molecule has 2 N–H and O–H groups in total. The number of carbonyl (C=O) groups excluding carboxylic acids is 2. The number of benzene rings is 1. The van der Waals surface area contributed by atoms with E-state index in [2.05, 4.69) is 5.32 Å². The average Bonchev–Trinajstić information content (AvgIpc) is 2.27. The van der Waals surface area contributed by atoms with E-state index in [1.165, 1.54) is 0 Å². The second-order valence-corrected chi connectivity index (χ2v) is 3.62. The fraction of sp³-hybridized carbons (Fsp3) is 0.273. The maximum absolute atomic E-state index is 11.6. The van der Waals surface area contributed by atoms with Crippen LogP contribution in [0.15, 0.2) is 24.3 Å². The lowest BCUT2D eigenvalue weighted by Crippen LogP contribution is -2.28. The Hall–Kier alpha value is -1.39. The van der Waals surface area contributed by atoms with Crippen molar-refractivity contribution in [3.05, 3.63) is 34.9 Å². The first-order valence-corrected chi connectivity index (χ1v) is 5.17. The summed E-state index contributed by atoms with van der Waals surface area (Å²) in [6.07, 6.45) is -0.221. The molecule has 86 valence electrons. The number of ketones is 1. The molecule has 5 heteroatoms. The van der Waals surface area contributed by atoms with Crippen LogP contribution < -0.4 is 5.32 Å². The summed E-state index contributed by atoms with van der Waals surface area (Å²) in [5.74, 6) is -0.666. The van der Waals surface area contributed by atoms with E-state index in [0.717, 1.165) is 0 Å². The Morgan fingerprint density at radius 1 is 1.25 bits per heavy atom. The van der Waals surface area contributed by atoms with Gasteiger partial charge in [0.2, 0.25) is 5.91 Å². The van der Waals surface area contributed by atoms with Crippen LogP contribution >= 0.6 is 11.6 Å². The number of nitrogens with one attached hydrogen (secondary N) is 1. The molecule has 1 rings (SSSR count). The van der Waals surface area contributed by atoms with Crippen LogP contribution in [0.1, 0.15) is 16.8 Å². The molecule has 0 atom stereocenters. The fourth-order valence-corrected chi connectivity index (χ4v) is 1.27. The summed E-state index contributed by atoms with van der Waals surface area (Å²) in [4.78, 5) is 22.7. The van der Waals surface area contributed by atoms with Gasteiger partial charge in [0.15, 0.2) is 5.78 Å². The number of amides is 1. The van der Waals surface area contributed by atoms with E-state index in [4.69, 9.17) is 16.7 Å². The third-order valence-electron chi connectivity index (χ3n) is 1.92. The second-order valence-electron chi connectivity index (χ2n) is 3.18. The minimum atomic E-state index is -0.394. The molecule has 1 aromatic carbocycles. The van der Waals surface area contributed by atoms with E-state index in [-0.39, 0.29) is 25.4 Å². The Morgan fingerprint density at radius 3 is 2.44 bits per heavy atom. The zero-order chi connectivity index (χ0) is 12.0. The number of aliphatic hydroxyl groups is 1. The normalized spacial score (nSPS) is 9.88. The van der Waals surface area contributed by atoms with Gasteiger partial charge < -0.3 is 10.4 Å². The van der Waals surface area contributed by atoms with Crippen molar-refractivity contribution in [2.24, 2.45) is 0 Å². The summed E-state index contributed by atoms with van der Waals surface area (Å²) >= 11 is 5.67. The van der Waals surface area contributed by atoms with E-state index in [0.29, 0.717) is 10.6 Å². The molecule has 1 aromatic rings. The fourth-order valence-electron chi connectivity index (χ4n) is 1.14. The van der Waals surface area contributed by atoms with Gasteiger partial charge in [-0.1, -0.05) is 11.6 Å². The number of hydrogen-bond donors (Lipinski definition) is 2. The first-order valence-electron chi connectivity index (χ1n) is 4.80. The number of hydrogen-bond acceptors (Lipinski definition) is 3. The Balaban J connectivity index is 2.52. The highest BCUT2D eigenvalue weighted by Crippen LogP contribution is 2.10. The van der Waals surface area contributed by atoms with Crippen molar-refractivity contribution in [2.75, 3.05) is 13.2 Å². The lowest BCUT2D eigenvalue weighted by atomic mass is 10.1. The summed E-state index contributed by atoms with van der Waals surface area (Å²) < 4.78 is 0. The highest BCUT2D eigenvalue weighted by atomic mass is 35.5. The molecule has 0 aliphatic carbocycles. The highest BCUT2D eigenvalue weighted by molar-refractivity contribution is 6.30. The number of rotatable bonds is 5. The monoisotopic (exact) mass is 241 g/mol. The lowest BCUT2D eigenvalue weighted by molar-refractivity contribution is -0.120. The smallest absolute Gasteiger partial charge is 0.227 e. The zero-order valence-electron chi connectivity index (χ0n) is 8.57. The van der Waals surface area contributed by atoms with E-state index in [9.17, 15) is 9.59 Å². The third kappa shape index (κ3) is 4.00. The Morgan fingerprint density at radius 2 is 1.88 bits per heavy atom. The van der Waals surface area contributed by atoms with Gasteiger partial charge in [0, 0.05) is 17.1 Å². The molecule has 0 saturated heterocycles. The molecule has 0 radical (unpaired) electrons. The molecule has 4 nitrogen and oxygen atoms in total. The summed E-state index contributed by atoms with van der Waals surface area (Å²) in [6.45, 7) is 0.0214. The van der Waals surface area contributed by atoms with Crippen LogP contribution in [0, 0.1) is 0 Å². The van der Waals surface area contributed by atoms with Crippen molar-refractivity contribution >= 4 is 23.3 Å². The van der Waals surface area contributed by atoms with Gasteiger partial charge in [-0.15, -0.1) is 0 Å². The maximum Gasteiger partial charge on any atom is 0.227 e. The Bertz CT molecular complexity index is 375. The number of halogens is 1. The quantitative estimate of drug-likeness (QED) is 0.598. The number of carbonyl (C=O) groups is 2. The topological polar surface area (TPSA) is 66.4 Å². The van der Waals surface area contributed by atoms with Gasteiger partial charge in [-0.3, -0.25) is 9.59 Å². The molecule has 0 fully saturated rings. The molecule has 0 saturated carbocycles. The van der Waals surface area contributed by atoms with Gasteiger partial charge in [-0.05, 0) is 24.3 Å². The molecule has 0 heterocycles. The predicted octanol–water partition coefficient (Wildman–Crippen LogP) is 1.02. The molecular weight excluding hydrogens is 230 g/mol. The summed E-state index contributed by atoms with van der Waals surface area (Å²) in [6, 6.07) is 6.34. The van der Waals surface area contributed by atoms with Crippen molar-refractivity contribution in [2.45, 2.75) is 6.42 Å². The van der Waals surface area contributed by atoms with Crippen molar-refractivity contribution < 1.29 is 14.7 Å². The largest absolute Gasteiger partial charge is 0.395 e. The molecule has 1 amide bonds. The van der Waals surface area contributed by atoms with Crippen LogP contribution in [0.2, 0.25) is 5.02 Å². The summed E-state index contributed by atoms with van der Waals surface area (Å²) in [5, 5.41) is 11.4. The van der Waals surface area contributed by atoms with E-state index in [1.807, 2.05) is 0 Å². The van der Waals surface area contributed by atoms with Gasteiger partial charge in [-0.25, -0.2) is 0 Å². The van der Waals surface area contributed by atoms with E-state index in [1.54, 1.807) is 24.3 Å². The minimum Gasteiger partial charge on any atom is -0.395 e. The molecule has 0 unspecified atom stereocenters. The predicted molar refractivity (Wildman–Crippen MR) is 60.5 cm³/mol. The van der Waals surface area contributed by atoms with Gasteiger partial charge in [0.05, 0.1) is 13.0 Å². The van der Waals surface area contributed by atoms with Gasteiger partial charge in [0.25, 0.3) is 0 Å². The number of aliphatic hydroxyl groups excluding tert-OH is 1. The molecular formula is C11H12ClNO3. The highest BCUT2D eigenvalue weighted by Gasteiger charge is 2.10. The van der Waals surface area contributed by atoms with Crippen LogP contribution in [-0.4, -0.2) is 29.9 Å². The molecule has 0 aliphatic heterocycles. The maximum atomic E-state index is 11.6. The summed E-state index contributed by atoms with van der Waals surface area (Å²) in [7, 11) is 0. The van der Waals surface area contributed by atoms with Gasteiger partial charge in [-0.2, -0.15) is 0 Å². The van der Waals surface area contributed by atoms with E-state index < -0.39 is 5.91 Å². The molecule has 0 bridgehead atoms. The van der Waals surface area contributed by atoms with Gasteiger partial charge >= 0.3 is 0 Å². The van der Waals surface area contributed by atoms with Gasteiger partial charge in [0.1, 0.15) is 0 Å². The standard InChI is InChI=1S/C11H12ClNO3/c12-9-3-1-8(2-4-9)10(15)7-11(16)13-5-6-14/h1-4,14H,5-7H2,(H,13,16). The van der Waals surface area contributed by atoms with Crippen molar-refractivity contribution in [3.8, 4) is 0 Å². The molecule has 0 aliphatic rings. The molecule has 0 spiro atoms. The first kappa shape index (κ1) is 12.7. The average molecular weight is 242 g/mol. The van der Waals surface area contributed by atoms with Crippen molar-refractivity contribution in [1.82, 2.24) is 5.32 Å². The Labute approximate surface area is 98.2 Å². The zero-order valence-corrected chi connectivity index (χ0v) is 9.33. The van der Waals surface area contributed by atoms with Crippen molar-refractivity contribution in [3.63, 3.8) is 0 Å².